The number of halogens is 3. The summed E-state index contributed by atoms with van der Waals surface area (Å²) in [5.74, 6) is -0.0395. The summed E-state index contributed by atoms with van der Waals surface area (Å²) in [7, 11) is 0. The molecule has 0 saturated carbocycles. The molecule has 1 saturated heterocycles. The Morgan fingerprint density at radius 2 is 1.91 bits per heavy atom. The topological polar surface area (TPSA) is 72.3 Å². The molecule has 0 radical (unpaired) electrons. The SMILES string of the molecule is CC(=O)N1CCN(c2ccc(C(F)(F)F)cc2N=[N+]=[N-])CC1. The van der Waals surface area contributed by atoms with Crippen LogP contribution >= 0.6 is 0 Å². The van der Waals surface area contributed by atoms with Gasteiger partial charge in [0, 0.05) is 43.7 Å². The maximum atomic E-state index is 12.7. The van der Waals surface area contributed by atoms with E-state index >= 15 is 0 Å². The fourth-order valence-electron chi connectivity index (χ4n) is 2.36. The molecule has 0 spiro atoms. The number of piperazine rings is 1. The predicted octanol–water partition coefficient (Wildman–Crippen LogP) is 3.32. The molecule has 1 aliphatic heterocycles. The van der Waals surface area contributed by atoms with Gasteiger partial charge < -0.3 is 9.80 Å². The lowest BCUT2D eigenvalue weighted by molar-refractivity contribution is -0.137. The highest BCUT2D eigenvalue weighted by Crippen LogP contribution is 2.37. The molecule has 1 fully saturated rings. The summed E-state index contributed by atoms with van der Waals surface area (Å²) < 4.78 is 38.2. The lowest BCUT2D eigenvalue weighted by Gasteiger charge is -2.36. The predicted molar refractivity (Wildman–Crippen MR) is 74.7 cm³/mol. The van der Waals surface area contributed by atoms with E-state index in [0.29, 0.717) is 31.9 Å². The average Bonchev–Trinajstić information content (AvgIpc) is 2.47. The van der Waals surface area contributed by atoms with Crippen molar-refractivity contribution in [3.63, 3.8) is 0 Å². The van der Waals surface area contributed by atoms with Crippen LogP contribution in [0.3, 0.4) is 0 Å². The van der Waals surface area contributed by atoms with Crippen LogP contribution in [0.5, 0.6) is 0 Å². The van der Waals surface area contributed by atoms with Gasteiger partial charge >= 0.3 is 6.18 Å². The van der Waals surface area contributed by atoms with E-state index in [9.17, 15) is 18.0 Å². The van der Waals surface area contributed by atoms with Gasteiger partial charge in [-0.15, -0.1) is 0 Å². The van der Waals surface area contributed by atoms with Crippen LogP contribution in [0, 0.1) is 0 Å². The minimum absolute atomic E-state index is 0.0395. The van der Waals surface area contributed by atoms with Crippen molar-refractivity contribution in [1.82, 2.24) is 4.90 Å². The molecule has 0 aromatic heterocycles. The van der Waals surface area contributed by atoms with Crippen molar-refractivity contribution in [2.24, 2.45) is 5.11 Å². The Hall–Kier alpha value is -2.41. The Bertz CT molecular complexity index is 617. The summed E-state index contributed by atoms with van der Waals surface area (Å²) in [5.41, 5.74) is 8.07. The Kier molecular flexibility index (Phi) is 4.46. The van der Waals surface area contributed by atoms with Crippen LogP contribution < -0.4 is 4.90 Å². The van der Waals surface area contributed by atoms with Gasteiger partial charge in [-0.25, -0.2) is 0 Å². The van der Waals surface area contributed by atoms with E-state index in [2.05, 4.69) is 10.0 Å². The van der Waals surface area contributed by atoms with Gasteiger partial charge in [0.05, 0.1) is 11.3 Å². The molecule has 6 nitrogen and oxygen atoms in total. The van der Waals surface area contributed by atoms with E-state index in [0.717, 1.165) is 12.1 Å². The zero-order valence-electron chi connectivity index (χ0n) is 11.8. The number of azide groups is 1. The van der Waals surface area contributed by atoms with Crippen LogP contribution in [0.1, 0.15) is 12.5 Å². The molecule has 22 heavy (non-hydrogen) atoms. The van der Waals surface area contributed by atoms with E-state index < -0.39 is 11.7 Å². The first-order valence-corrected chi connectivity index (χ1v) is 6.59. The standard InChI is InChI=1S/C13H14F3N5O/c1-9(22)20-4-6-21(7-5-20)12-3-2-10(13(14,15)16)8-11(12)18-19-17/h2-3,8H,4-7H2,1H3. The van der Waals surface area contributed by atoms with Crippen molar-refractivity contribution in [2.45, 2.75) is 13.1 Å². The second kappa shape index (κ2) is 6.15. The summed E-state index contributed by atoms with van der Waals surface area (Å²) in [6.07, 6.45) is -4.49. The maximum absolute atomic E-state index is 12.7. The van der Waals surface area contributed by atoms with Crippen molar-refractivity contribution < 1.29 is 18.0 Å². The highest BCUT2D eigenvalue weighted by atomic mass is 19.4. The van der Waals surface area contributed by atoms with Crippen molar-refractivity contribution in [2.75, 3.05) is 31.1 Å². The number of nitrogens with zero attached hydrogens (tertiary/aromatic N) is 5. The van der Waals surface area contributed by atoms with E-state index in [-0.39, 0.29) is 11.6 Å². The summed E-state index contributed by atoms with van der Waals surface area (Å²) in [6.45, 7) is 3.37. The van der Waals surface area contributed by atoms with E-state index in [1.165, 1.54) is 13.0 Å². The zero-order valence-corrected chi connectivity index (χ0v) is 11.8. The Balaban J connectivity index is 2.28. The fourth-order valence-corrected chi connectivity index (χ4v) is 2.36. The Labute approximate surface area is 124 Å². The summed E-state index contributed by atoms with van der Waals surface area (Å²) in [5, 5.41) is 3.37. The number of rotatable bonds is 2. The molecule has 0 atom stereocenters. The third kappa shape index (κ3) is 3.43. The quantitative estimate of drug-likeness (QED) is 0.477. The highest BCUT2D eigenvalue weighted by Gasteiger charge is 2.31. The molecule has 1 aromatic rings. The molecular weight excluding hydrogens is 299 g/mol. The van der Waals surface area contributed by atoms with Gasteiger partial charge in [-0.1, -0.05) is 5.11 Å². The smallest absolute Gasteiger partial charge is 0.368 e. The molecule has 0 unspecified atom stereocenters. The normalized spacial score (nSPS) is 15.5. The number of amides is 1. The second-order valence-electron chi connectivity index (χ2n) is 4.88. The van der Waals surface area contributed by atoms with Crippen molar-refractivity contribution in [1.29, 1.82) is 0 Å². The van der Waals surface area contributed by atoms with Gasteiger partial charge in [-0.05, 0) is 23.7 Å². The largest absolute Gasteiger partial charge is 0.416 e. The lowest BCUT2D eigenvalue weighted by Crippen LogP contribution is -2.48. The summed E-state index contributed by atoms with van der Waals surface area (Å²) in [6, 6.07) is 3.10. The monoisotopic (exact) mass is 313 g/mol. The number of carbonyl (C=O) groups is 1. The lowest BCUT2D eigenvalue weighted by atomic mass is 10.1. The Morgan fingerprint density at radius 1 is 1.27 bits per heavy atom. The first kappa shape index (κ1) is 16.0. The molecule has 1 aromatic carbocycles. The highest BCUT2D eigenvalue weighted by molar-refractivity contribution is 5.74. The van der Waals surface area contributed by atoms with Crippen molar-refractivity contribution >= 4 is 17.3 Å². The van der Waals surface area contributed by atoms with Gasteiger partial charge in [0.25, 0.3) is 0 Å². The minimum atomic E-state index is -4.49. The molecular formula is C13H14F3N5O. The molecule has 9 heteroatoms. The first-order chi connectivity index (χ1) is 10.3. The van der Waals surface area contributed by atoms with Crippen LogP contribution in [0.15, 0.2) is 23.3 Å². The van der Waals surface area contributed by atoms with Gasteiger partial charge in [0.15, 0.2) is 0 Å². The van der Waals surface area contributed by atoms with Crippen LogP contribution in [0.25, 0.3) is 10.4 Å². The summed E-state index contributed by atoms with van der Waals surface area (Å²) in [4.78, 5) is 17.3. The third-order valence-electron chi connectivity index (χ3n) is 3.52. The van der Waals surface area contributed by atoms with Crippen LogP contribution in [0.2, 0.25) is 0 Å². The number of hydrogen-bond donors (Lipinski definition) is 0. The zero-order chi connectivity index (χ0) is 16.3. The van der Waals surface area contributed by atoms with Gasteiger partial charge in [-0.2, -0.15) is 13.2 Å². The second-order valence-corrected chi connectivity index (χ2v) is 4.88. The molecule has 1 heterocycles. The van der Waals surface area contributed by atoms with E-state index in [1.807, 2.05) is 4.90 Å². The van der Waals surface area contributed by atoms with Crippen molar-refractivity contribution in [3.05, 3.63) is 34.2 Å². The third-order valence-corrected chi connectivity index (χ3v) is 3.52. The minimum Gasteiger partial charge on any atom is -0.368 e. The van der Waals surface area contributed by atoms with Gasteiger partial charge in [-0.3, -0.25) is 4.79 Å². The van der Waals surface area contributed by atoms with Crippen LogP contribution in [-0.4, -0.2) is 37.0 Å². The van der Waals surface area contributed by atoms with E-state index in [4.69, 9.17) is 5.53 Å². The number of anilines is 1. The van der Waals surface area contributed by atoms with Gasteiger partial charge in [0.2, 0.25) is 5.91 Å². The van der Waals surface area contributed by atoms with Gasteiger partial charge in [0.1, 0.15) is 0 Å². The molecule has 118 valence electrons. The average molecular weight is 313 g/mol. The van der Waals surface area contributed by atoms with Crippen LogP contribution in [-0.2, 0) is 11.0 Å². The molecule has 0 N–H and O–H groups in total. The van der Waals surface area contributed by atoms with Crippen molar-refractivity contribution in [3.8, 4) is 0 Å². The summed E-state index contributed by atoms with van der Waals surface area (Å²) >= 11 is 0. The number of benzene rings is 1. The number of hydrogen-bond acceptors (Lipinski definition) is 3. The molecule has 1 aliphatic rings. The molecule has 0 bridgehead atoms. The number of carbonyl (C=O) groups excluding carboxylic acids is 1. The molecule has 2 rings (SSSR count). The molecule has 0 aliphatic carbocycles. The van der Waals surface area contributed by atoms with Crippen LogP contribution in [0.4, 0.5) is 24.5 Å². The maximum Gasteiger partial charge on any atom is 0.416 e. The molecule has 1 amide bonds. The first-order valence-electron chi connectivity index (χ1n) is 6.59. The fraction of sp³-hybridized carbons (Fsp3) is 0.462. The number of alkyl halides is 3. The van der Waals surface area contributed by atoms with E-state index in [1.54, 1.807) is 4.90 Å². The Morgan fingerprint density at radius 3 is 2.41 bits per heavy atom.